The number of aliphatic hydroxyl groups is 2. The molecular formula is C25H22FNO3S. The van der Waals surface area contributed by atoms with Crippen molar-refractivity contribution in [2.24, 2.45) is 0 Å². The molecule has 2 aromatic carbocycles. The molecule has 0 amide bonds. The van der Waals surface area contributed by atoms with Gasteiger partial charge in [0.05, 0.1) is 12.2 Å². The maximum atomic E-state index is 13.8. The van der Waals surface area contributed by atoms with Crippen LogP contribution in [-0.4, -0.2) is 27.1 Å². The van der Waals surface area contributed by atoms with E-state index in [0.29, 0.717) is 11.1 Å². The SMILES string of the molecule is Cc1c(C(C(=CO)C(=O)C(O)Cc2ccccc2)c2ccsc2)[nH]c2ccc(F)cc12. The van der Waals surface area contributed by atoms with Gasteiger partial charge in [-0.25, -0.2) is 4.39 Å². The number of aromatic amines is 1. The van der Waals surface area contributed by atoms with Crippen LogP contribution in [0.15, 0.2) is 77.2 Å². The van der Waals surface area contributed by atoms with E-state index in [2.05, 4.69) is 4.98 Å². The second kappa shape index (κ2) is 8.88. The lowest BCUT2D eigenvalue weighted by Gasteiger charge is -2.21. The van der Waals surface area contributed by atoms with Crippen molar-refractivity contribution in [1.29, 1.82) is 0 Å². The molecule has 2 heterocycles. The highest BCUT2D eigenvalue weighted by molar-refractivity contribution is 7.08. The second-order valence-electron chi connectivity index (χ2n) is 7.50. The number of halogens is 1. The van der Waals surface area contributed by atoms with E-state index in [1.165, 1.54) is 23.5 Å². The zero-order valence-corrected chi connectivity index (χ0v) is 17.7. The van der Waals surface area contributed by atoms with Crippen molar-refractivity contribution >= 4 is 28.0 Å². The number of Topliss-reactive ketones (excluding diaryl/α,β-unsaturated/α-hetero) is 1. The fourth-order valence-electron chi connectivity index (χ4n) is 3.95. The largest absolute Gasteiger partial charge is 0.515 e. The highest BCUT2D eigenvalue weighted by Gasteiger charge is 2.32. The van der Waals surface area contributed by atoms with Crippen LogP contribution < -0.4 is 0 Å². The molecule has 31 heavy (non-hydrogen) atoms. The van der Waals surface area contributed by atoms with Crippen LogP contribution in [0.2, 0.25) is 0 Å². The Bertz CT molecular complexity index is 1230. The maximum Gasteiger partial charge on any atom is 0.191 e. The first-order valence-corrected chi connectivity index (χ1v) is 10.8. The lowest BCUT2D eigenvalue weighted by atomic mass is 9.84. The number of hydrogen-bond acceptors (Lipinski definition) is 4. The quantitative estimate of drug-likeness (QED) is 0.268. The smallest absolute Gasteiger partial charge is 0.191 e. The fourth-order valence-corrected chi connectivity index (χ4v) is 4.64. The van der Waals surface area contributed by atoms with Gasteiger partial charge in [0, 0.05) is 28.6 Å². The second-order valence-corrected chi connectivity index (χ2v) is 8.28. The summed E-state index contributed by atoms with van der Waals surface area (Å²) in [4.78, 5) is 16.5. The topological polar surface area (TPSA) is 73.3 Å². The molecule has 0 aliphatic heterocycles. The van der Waals surface area contributed by atoms with Crippen molar-refractivity contribution in [3.8, 4) is 0 Å². The minimum absolute atomic E-state index is 0.0805. The lowest BCUT2D eigenvalue weighted by Crippen LogP contribution is -2.28. The summed E-state index contributed by atoms with van der Waals surface area (Å²) in [5.41, 5.74) is 3.92. The third-order valence-corrected chi connectivity index (χ3v) is 6.23. The average molecular weight is 436 g/mol. The van der Waals surface area contributed by atoms with E-state index in [1.54, 1.807) is 6.07 Å². The molecule has 2 unspecified atom stereocenters. The number of ketones is 1. The number of carbonyl (C=O) groups excluding carboxylic acids is 1. The molecule has 4 aromatic rings. The zero-order valence-electron chi connectivity index (χ0n) is 16.9. The number of fused-ring (bicyclic) bond motifs is 1. The van der Waals surface area contributed by atoms with Crippen molar-refractivity contribution in [3.05, 3.63) is 105 Å². The van der Waals surface area contributed by atoms with Crippen LogP contribution in [0.1, 0.15) is 28.3 Å². The Hall–Kier alpha value is -3.22. The van der Waals surface area contributed by atoms with Gasteiger partial charge in [-0.05, 0) is 58.6 Å². The van der Waals surface area contributed by atoms with E-state index in [9.17, 15) is 19.4 Å². The molecule has 2 atom stereocenters. The number of carbonyl (C=O) groups is 1. The Morgan fingerprint density at radius 1 is 1.19 bits per heavy atom. The number of nitrogens with one attached hydrogen (secondary N) is 1. The van der Waals surface area contributed by atoms with Gasteiger partial charge in [-0.1, -0.05) is 30.3 Å². The van der Waals surface area contributed by atoms with E-state index in [0.717, 1.165) is 28.5 Å². The third-order valence-electron chi connectivity index (χ3n) is 5.53. The fraction of sp³-hybridized carbons (Fsp3) is 0.160. The van der Waals surface area contributed by atoms with Gasteiger partial charge in [0.15, 0.2) is 5.78 Å². The number of aliphatic hydroxyl groups excluding tert-OH is 2. The van der Waals surface area contributed by atoms with Gasteiger partial charge in [0.2, 0.25) is 0 Å². The first-order chi connectivity index (χ1) is 15.0. The Labute approximate surface area is 183 Å². The minimum Gasteiger partial charge on any atom is -0.515 e. The maximum absolute atomic E-state index is 13.8. The summed E-state index contributed by atoms with van der Waals surface area (Å²) in [6, 6.07) is 15.6. The number of benzene rings is 2. The molecule has 0 fully saturated rings. The molecule has 0 saturated carbocycles. The molecule has 0 bridgehead atoms. The molecule has 0 spiro atoms. The van der Waals surface area contributed by atoms with Crippen LogP contribution >= 0.6 is 11.3 Å². The monoisotopic (exact) mass is 435 g/mol. The van der Waals surface area contributed by atoms with Crippen molar-refractivity contribution in [2.75, 3.05) is 0 Å². The van der Waals surface area contributed by atoms with Crippen molar-refractivity contribution in [3.63, 3.8) is 0 Å². The number of aromatic nitrogens is 1. The number of hydrogen-bond donors (Lipinski definition) is 3. The van der Waals surface area contributed by atoms with Gasteiger partial charge in [-0.3, -0.25) is 4.79 Å². The summed E-state index contributed by atoms with van der Waals surface area (Å²) in [6.45, 7) is 1.85. The number of aryl methyl sites for hydroxylation is 1. The van der Waals surface area contributed by atoms with Crippen LogP contribution in [-0.2, 0) is 11.2 Å². The normalized spacial score (nSPS) is 14.0. The number of rotatable bonds is 7. The predicted octanol–water partition coefficient (Wildman–Crippen LogP) is 5.42. The number of H-pyrrole nitrogens is 1. The summed E-state index contributed by atoms with van der Waals surface area (Å²) in [5, 5.41) is 25.2. The van der Waals surface area contributed by atoms with Gasteiger partial charge >= 0.3 is 0 Å². The Morgan fingerprint density at radius 3 is 2.65 bits per heavy atom. The first kappa shape index (κ1) is 21.0. The van der Waals surface area contributed by atoms with Gasteiger partial charge in [0.1, 0.15) is 11.9 Å². The molecule has 0 aliphatic carbocycles. The van der Waals surface area contributed by atoms with E-state index >= 15 is 0 Å². The van der Waals surface area contributed by atoms with Crippen LogP contribution in [0, 0.1) is 12.7 Å². The van der Waals surface area contributed by atoms with Gasteiger partial charge in [-0.15, -0.1) is 0 Å². The van der Waals surface area contributed by atoms with E-state index in [4.69, 9.17) is 0 Å². The molecule has 0 saturated heterocycles. The summed E-state index contributed by atoms with van der Waals surface area (Å²) in [6.07, 6.45) is -0.377. The minimum atomic E-state index is -1.30. The predicted molar refractivity (Wildman–Crippen MR) is 121 cm³/mol. The highest BCUT2D eigenvalue weighted by atomic mass is 32.1. The van der Waals surface area contributed by atoms with E-state index in [1.807, 2.05) is 54.1 Å². The van der Waals surface area contributed by atoms with Crippen molar-refractivity contribution < 1.29 is 19.4 Å². The standard InChI is InChI=1S/C25H22FNO3S/c1-15-19-12-18(26)7-8-21(19)27-24(15)23(17-9-10-31-14-17)20(13-28)25(30)22(29)11-16-5-3-2-4-6-16/h2-10,12-14,22-23,27-29H,11H2,1H3. The third kappa shape index (κ3) is 4.17. The van der Waals surface area contributed by atoms with Crippen LogP contribution in [0.3, 0.4) is 0 Å². The Kier molecular flexibility index (Phi) is 6.02. The molecule has 2 aromatic heterocycles. The molecular weight excluding hydrogens is 413 g/mol. The lowest BCUT2D eigenvalue weighted by molar-refractivity contribution is -0.123. The summed E-state index contributed by atoms with van der Waals surface area (Å²) >= 11 is 1.47. The van der Waals surface area contributed by atoms with Gasteiger partial charge < -0.3 is 15.2 Å². The first-order valence-electron chi connectivity index (χ1n) is 9.90. The van der Waals surface area contributed by atoms with Crippen LogP contribution in [0.5, 0.6) is 0 Å². The molecule has 4 nitrogen and oxygen atoms in total. The Morgan fingerprint density at radius 2 is 1.97 bits per heavy atom. The zero-order chi connectivity index (χ0) is 22.0. The Balaban J connectivity index is 1.75. The van der Waals surface area contributed by atoms with Crippen molar-refractivity contribution in [2.45, 2.75) is 25.4 Å². The van der Waals surface area contributed by atoms with E-state index in [-0.39, 0.29) is 17.8 Å². The molecule has 158 valence electrons. The molecule has 6 heteroatoms. The highest BCUT2D eigenvalue weighted by Crippen LogP contribution is 2.38. The van der Waals surface area contributed by atoms with Crippen molar-refractivity contribution in [1.82, 2.24) is 4.98 Å². The molecule has 0 aliphatic rings. The molecule has 4 rings (SSSR count). The summed E-state index contributed by atoms with van der Waals surface area (Å²) in [7, 11) is 0. The van der Waals surface area contributed by atoms with E-state index < -0.39 is 17.8 Å². The van der Waals surface area contributed by atoms with Gasteiger partial charge in [-0.2, -0.15) is 11.3 Å². The van der Waals surface area contributed by atoms with Gasteiger partial charge in [0.25, 0.3) is 0 Å². The molecule has 0 radical (unpaired) electrons. The van der Waals surface area contributed by atoms with Crippen LogP contribution in [0.4, 0.5) is 4.39 Å². The molecule has 3 N–H and O–H groups in total. The average Bonchev–Trinajstić information content (AvgIpc) is 3.41. The summed E-state index contributed by atoms with van der Waals surface area (Å²) < 4.78 is 13.8. The summed E-state index contributed by atoms with van der Waals surface area (Å²) in [5.74, 6) is -1.52. The van der Waals surface area contributed by atoms with Crippen LogP contribution in [0.25, 0.3) is 10.9 Å². The number of thiophene rings is 1.